The molecule has 2 rings (SSSR count). The minimum atomic E-state index is -0.0244. The van der Waals surface area contributed by atoms with Crippen LogP contribution in [0, 0.1) is 31.6 Å². The molecule has 0 aliphatic carbocycles. The lowest BCUT2D eigenvalue weighted by Gasteiger charge is -2.38. The van der Waals surface area contributed by atoms with Gasteiger partial charge >= 0.3 is 0 Å². The van der Waals surface area contributed by atoms with Crippen LogP contribution in [-0.2, 0) is 11.2 Å². The first kappa shape index (κ1) is 34.5. The molecule has 38 heavy (non-hydrogen) atoms. The predicted molar refractivity (Wildman–Crippen MR) is 165 cm³/mol. The molecule has 0 N–H and O–H groups in total. The Morgan fingerprint density at radius 1 is 0.947 bits per heavy atom. The molecule has 0 aromatic heterocycles. The van der Waals surface area contributed by atoms with Crippen LogP contribution in [-0.4, -0.2) is 19.0 Å². The topological polar surface area (TPSA) is 35.5 Å². The Labute approximate surface area is 236 Å². The summed E-state index contributed by atoms with van der Waals surface area (Å²) >= 11 is 0. The molecule has 1 aromatic rings. The maximum absolute atomic E-state index is 9.68. The lowest BCUT2D eigenvalue weighted by molar-refractivity contribution is -0.107. The molecule has 0 radical (unpaired) electrons. The quantitative estimate of drug-likeness (QED) is 0.148. The summed E-state index contributed by atoms with van der Waals surface area (Å²) in [4.78, 5) is 9.68. The molecule has 3 nitrogen and oxygen atoms in total. The van der Waals surface area contributed by atoms with Gasteiger partial charge in [0.1, 0.15) is 23.4 Å². The molecule has 1 heterocycles. The molecule has 0 saturated carbocycles. The van der Waals surface area contributed by atoms with Gasteiger partial charge in [0.2, 0.25) is 0 Å². The number of methoxy groups -OCH3 is 1. The van der Waals surface area contributed by atoms with Gasteiger partial charge in [-0.2, -0.15) is 0 Å². The van der Waals surface area contributed by atoms with Gasteiger partial charge in [-0.15, -0.1) is 0 Å². The zero-order valence-corrected chi connectivity index (χ0v) is 26.7. The highest BCUT2D eigenvalue weighted by molar-refractivity contribution is 5.54. The maximum atomic E-state index is 9.68. The normalized spacial score (nSPS) is 18.2. The van der Waals surface area contributed by atoms with Crippen LogP contribution in [0.5, 0.6) is 11.5 Å². The Bertz CT molecular complexity index is 784. The molecule has 1 aromatic carbocycles. The molecular weight excluding hydrogens is 468 g/mol. The second-order valence-corrected chi connectivity index (χ2v) is 12.9. The fourth-order valence-corrected chi connectivity index (χ4v) is 5.73. The molecule has 0 bridgehead atoms. The molecule has 0 fully saturated rings. The van der Waals surface area contributed by atoms with Crippen LogP contribution in [0.15, 0.2) is 6.07 Å². The highest BCUT2D eigenvalue weighted by Gasteiger charge is 2.33. The van der Waals surface area contributed by atoms with Crippen molar-refractivity contribution in [2.45, 2.75) is 157 Å². The predicted octanol–water partition coefficient (Wildman–Crippen LogP) is 10.6. The number of carbonyl (C=O) groups excluding carboxylic acids is 1. The number of benzene rings is 1. The first-order valence-electron chi connectivity index (χ1n) is 15.9. The third-order valence-corrected chi connectivity index (χ3v) is 8.47. The van der Waals surface area contributed by atoms with E-state index in [-0.39, 0.29) is 5.60 Å². The maximum Gasteiger partial charge on any atom is 0.126 e. The van der Waals surface area contributed by atoms with E-state index in [9.17, 15) is 4.79 Å². The molecule has 220 valence electrons. The Morgan fingerprint density at radius 3 is 2.11 bits per heavy atom. The standard InChI is InChI=1S/C29H50O2.C6H12O/c1-21(2)12-9-13-22(3)14-10-15-23(4)16-11-18-29(7)19-17-26-25(6)27(30-8)20-24(5)28(26)31-29;1-2-3-4-5-6-7/h20-23H,9-19H2,1-8H3;6H,2-5H2,1H3. The van der Waals surface area contributed by atoms with E-state index < -0.39 is 0 Å². The first-order chi connectivity index (χ1) is 18.1. The van der Waals surface area contributed by atoms with Crippen molar-refractivity contribution < 1.29 is 14.3 Å². The zero-order valence-electron chi connectivity index (χ0n) is 26.7. The summed E-state index contributed by atoms with van der Waals surface area (Å²) in [5.41, 5.74) is 3.78. The number of aldehydes is 1. The highest BCUT2D eigenvalue weighted by atomic mass is 16.5. The van der Waals surface area contributed by atoms with E-state index >= 15 is 0 Å². The largest absolute Gasteiger partial charge is 0.496 e. The van der Waals surface area contributed by atoms with E-state index in [1.165, 1.54) is 80.9 Å². The third kappa shape index (κ3) is 13.0. The summed E-state index contributed by atoms with van der Waals surface area (Å²) in [6.45, 7) is 18.3. The van der Waals surface area contributed by atoms with Crippen molar-refractivity contribution in [2.24, 2.45) is 17.8 Å². The van der Waals surface area contributed by atoms with Gasteiger partial charge in [0, 0.05) is 12.0 Å². The van der Waals surface area contributed by atoms with Crippen LogP contribution >= 0.6 is 0 Å². The fourth-order valence-electron chi connectivity index (χ4n) is 5.73. The second-order valence-electron chi connectivity index (χ2n) is 12.9. The fraction of sp³-hybridized carbons (Fsp3) is 0.800. The van der Waals surface area contributed by atoms with Crippen molar-refractivity contribution in [1.82, 2.24) is 0 Å². The third-order valence-electron chi connectivity index (χ3n) is 8.47. The van der Waals surface area contributed by atoms with E-state index in [4.69, 9.17) is 9.47 Å². The lowest BCUT2D eigenvalue weighted by atomic mass is 9.84. The Hall–Kier alpha value is -1.51. The number of aryl methyl sites for hydroxylation is 1. The van der Waals surface area contributed by atoms with Gasteiger partial charge < -0.3 is 14.3 Å². The zero-order chi connectivity index (χ0) is 28.6. The van der Waals surface area contributed by atoms with E-state index in [0.717, 1.165) is 67.6 Å². The van der Waals surface area contributed by atoms with Gasteiger partial charge in [0.15, 0.2) is 0 Å². The summed E-state index contributed by atoms with van der Waals surface area (Å²) < 4.78 is 12.2. The number of ether oxygens (including phenoxy) is 2. The highest BCUT2D eigenvalue weighted by Crippen LogP contribution is 2.42. The summed E-state index contributed by atoms with van der Waals surface area (Å²) in [6, 6.07) is 2.13. The number of carbonyl (C=O) groups is 1. The molecule has 3 atom stereocenters. The summed E-state index contributed by atoms with van der Waals surface area (Å²) in [7, 11) is 1.76. The molecule has 1 aliphatic heterocycles. The molecule has 0 spiro atoms. The van der Waals surface area contributed by atoms with E-state index in [1.54, 1.807) is 7.11 Å². The summed E-state index contributed by atoms with van der Waals surface area (Å²) in [6.07, 6.45) is 19.5. The van der Waals surface area contributed by atoms with Crippen molar-refractivity contribution in [3.05, 3.63) is 22.8 Å². The number of hydrogen-bond acceptors (Lipinski definition) is 3. The first-order valence-corrected chi connectivity index (χ1v) is 15.9. The molecule has 1 aliphatic rings. The van der Waals surface area contributed by atoms with Gasteiger partial charge in [-0.3, -0.25) is 0 Å². The van der Waals surface area contributed by atoms with Gasteiger partial charge in [0.25, 0.3) is 0 Å². The minimum absolute atomic E-state index is 0.0244. The number of rotatable bonds is 17. The molecule has 3 heteroatoms. The number of unbranched alkanes of at least 4 members (excludes halogenated alkanes) is 3. The average molecular weight is 531 g/mol. The lowest BCUT2D eigenvalue weighted by Crippen LogP contribution is -2.37. The van der Waals surface area contributed by atoms with Crippen molar-refractivity contribution in [3.8, 4) is 11.5 Å². The SMILES string of the molecule is CCCCCC=O.COc1cc(C)c2c(c1C)CCC(C)(CCCC(C)CCCC(C)CCCC(C)C)O2. The second kappa shape index (κ2) is 18.7. The summed E-state index contributed by atoms with van der Waals surface area (Å²) in [5.74, 6) is 4.69. The molecule has 3 unspecified atom stereocenters. The van der Waals surface area contributed by atoms with Crippen LogP contribution in [0.25, 0.3) is 0 Å². The molecular formula is C35H62O3. The van der Waals surface area contributed by atoms with E-state index in [0.29, 0.717) is 0 Å². The van der Waals surface area contributed by atoms with Crippen molar-refractivity contribution in [2.75, 3.05) is 7.11 Å². The van der Waals surface area contributed by atoms with Gasteiger partial charge in [0.05, 0.1) is 7.11 Å². The van der Waals surface area contributed by atoms with E-state index in [2.05, 4.69) is 61.5 Å². The van der Waals surface area contributed by atoms with Crippen LogP contribution in [0.1, 0.15) is 148 Å². The van der Waals surface area contributed by atoms with Crippen molar-refractivity contribution >= 4 is 6.29 Å². The van der Waals surface area contributed by atoms with Crippen LogP contribution < -0.4 is 9.47 Å². The van der Waals surface area contributed by atoms with Gasteiger partial charge in [-0.1, -0.05) is 92.4 Å². The van der Waals surface area contributed by atoms with Gasteiger partial charge in [-0.05, 0) is 87.8 Å². The Morgan fingerprint density at radius 2 is 1.55 bits per heavy atom. The van der Waals surface area contributed by atoms with E-state index in [1.807, 2.05) is 0 Å². The van der Waals surface area contributed by atoms with Crippen molar-refractivity contribution in [3.63, 3.8) is 0 Å². The molecule has 0 amide bonds. The monoisotopic (exact) mass is 530 g/mol. The number of fused-ring (bicyclic) bond motifs is 1. The van der Waals surface area contributed by atoms with Crippen LogP contribution in [0.2, 0.25) is 0 Å². The van der Waals surface area contributed by atoms with Crippen LogP contribution in [0.3, 0.4) is 0 Å². The summed E-state index contributed by atoms with van der Waals surface area (Å²) in [5, 5.41) is 0. The smallest absolute Gasteiger partial charge is 0.126 e. The van der Waals surface area contributed by atoms with Gasteiger partial charge in [-0.25, -0.2) is 0 Å². The average Bonchev–Trinajstić information content (AvgIpc) is 2.86. The molecule has 0 saturated heterocycles. The Kier molecular flexibility index (Phi) is 17.0. The minimum Gasteiger partial charge on any atom is -0.496 e. The number of hydrogen-bond donors (Lipinski definition) is 0. The Balaban J connectivity index is 0.000000905. The van der Waals surface area contributed by atoms with Crippen molar-refractivity contribution in [1.29, 1.82) is 0 Å². The van der Waals surface area contributed by atoms with Crippen LogP contribution in [0.4, 0.5) is 0 Å².